The van der Waals surface area contributed by atoms with Crippen LogP contribution in [0.25, 0.3) is 0 Å². The Morgan fingerprint density at radius 3 is 2.22 bits per heavy atom. The highest BCUT2D eigenvalue weighted by atomic mass is 16.1. The second-order valence-electron chi connectivity index (χ2n) is 6.66. The van der Waals surface area contributed by atoms with Crippen molar-refractivity contribution in [2.75, 3.05) is 6.54 Å². The molecule has 2 rings (SSSR count). The Labute approximate surface area is 110 Å². The summed E-state index contributed by atoms with van der Waals surface area (Å²) in [4.78, 5) is 11.3. The molecule has 1 fully saturated rings. The zero-order chi connectivity index (χ0) is 13.4. The summed E-state index contributed by atoms with van der Waals surface area (Å²) in [5, 5.41) is 2.98. The summed E-state index contributed by atoms with van der Waals surface area (Å²) < 4.78 is 0. The van der Waals surface area contributed by atoms with E-state index in [2.05, 4.69) is 57.3 Å². The Kier molecular flexibility index (Phi) is 3.22. The second-order valence-corrected chi connectivity index (χ2v) is 6.66. The monoisotopic (exact) mass is 245 g/mol. The first kappa shape index (κ1) is 13.1. The van der Waals surface area contributed by atoms with Crippen LogP contribution in [0, 0.1) is 0 Å². The molecule has 0 aliphatic carbocycles. The number of piperidine rings is 1. The van der Waals surface area contributed by atoms with E-state index < -0.39 is 0 Å². The molecule has 1 aliphatic rings. The minimum atomic E-state index is 0.0876. The van der Waals surface area contributed by atoms with E-state index in [4.69, 9.17) is 0 Å². The number of benzene rings is 1. The van der Waals surface area contributed by atoms with Gasteiger partial charge in [0.2, 0.25) is 5.91 Å². The molecule has 1 N–H and O–H groups in total. The molecule has 1 atom stereocenters. The van der Waals surface area contributed by atoms with Gasteiger partial charge in [-0.05, 0) is 23.0 Å². The van der Waals surface area contributed by atoms with Crippen molar-refractivity contribution in [3.05, 3.63) is 35.4 Å². The van der Waals surface area contributed by atoms with E-state index in [1.54, 1.807) is 0 Å². The summed E-state index contributed by atoms with van der Waals surface area (Å²) in [5.74, 6) is 0.179. The van der Waals surface area contributed by atoms with Gasteiger partial charge in [0, 0.05) is 18.4 Å². The van der Waals surface area contributed by atoms with Crippen LogP contribution in [0.3, 0.4) is 0 Å². The number of amides is 1. The molecule has 0 aromatic heterocycles. The van der Waals surface area contributed by atoms with E-state index in [0.717, 1.165) is 13.0 Å². The van der Waals surface area contributed by atoms with Gasteiger partial charge in [0.15, 0.2) is 0 Å². The highest BCUT2D eigenvalue weighted by molar-refractivity contribution is 5.77. The lowest BCUT2D eigenvalue weighted by atomic mass is 9.75. The summed E-state index contributed by atoms with van der Waals surface area (Å²) in [5.41, 5.74) is 2.97. The third kappa shape index (κ3) is 2.58. The van der Waals surface area contributed by atoms with Gasteiger partial charge in [-0.3, -0.25) is 4.79 Å². The van der Waals surface area contributed by atoms with Crippen LogP contribution in [0.2, 0.25) is 0 Å². The molecule has 1 amide bonds. The normalized spacial score (nSPS) is 24.8. The van der Waals surface area contributed by atoms with E-state index in [1.807, 2.05) is 0 Å². The SMILES string of the molecule is CC(C)(C)c1ccc(C2(C)CCC(=O)NC2)cc1. The van der Waals surface area contributed by atoms with Crippen molar-refractivity contribution >= 4 is 5.91 Å². The van der Waals surface area contributed by atoms with Crippen LogP contribution in [-0.2, 0) is 15.6 Å². The number of carbonyl (C=O) groups is 1. The summed E-state index contributed by atoms with van der Waals surface area (Å²) in [7, 11) is 0. The van der Waals surface area contributed by atoms with Crippen molar-refractivity contribution in [3.63, 3.8) is 0 Å². The molecule has 98 valence electrons. The summed E-state index contributed by atoms with van der Waals surface area (Å²) in [6, 6.07) is 8.88. The topological polar surface area (TPSA) is 29.1 Å². The third-order valence-electron chi connectivity index (χ3n) is 4.03. The van der Waals surface area contributed by atoms with Gasteiger partial charge >= 0.3 is 0 Å². The van der Waals surface area contributed by atoms with Gasteiger partial charge in [-0.2, -0.15) is 0 Å². The average Bonchev–Trinajstić information content (AvgIpc) is 2.32. The van der Waals surface area contributed by atoms with Gasteiger partial charge in [0.05, 0.1) is 0 Å². The lowest BCUT2D eigenvalue weighted by molar-refractivity contribution is -0.123. The quantitative estimate of drug-likeness (QED) is 0.809. The molecular weight excluding hydrogens is 222 g/mol. The van der Waals surface area contributed by atoms with Crippen molar-refractivity contribution < 1.29 is 4.79 Å². The predicted octanol–water partition coefficient (Wildman–Crippen LogP) is 3.15. The first-order chi connectivity index (χ1) is 8.31. The van der Waals surface area contributed by atoms with E-state index in [9.17, 15) is 4.79 Å². The predicted molar refractivity (Wildman–Crippen MR) is 74.7 cm³/mol. The third-order valence-corrected chi connectivity index (χ3v) is 4.03. The standard InChI is InChI=1S/C16H23NO/c1-15(2,3)12-5-7-13(8-6-12)16(4)10-9-14(18)17-11-16/h5-8H,9-11H2,1-4H3,(H,17,18). The zero-order valence-corrected chi connectivity index (χ0v) is 11.8. The Bertz CT molecular complexity index is 429. The average molecular weight is 245 g/mol. The number of carbonyl (C=O) groups excluding carboxylic acids is 1. The lowest BCUT2D eigenvalue weighted by Crippen LogP contribution is -2.44. The molecule has 1 saturated heterocycles. The Balaban J connectivity index is 2.22. The van der Waals surface area contributed by atoms with Crippen LogP contribution in [0.4, 0.5) is 0 Å². The summed E-state index contributed by atoms with van der Waals surface area (Å²) in [6.45, 7) is 9.67. The molecule has 0 spiro atoms. The zero-order valence-electron chi connectivity index (χ0n) is 11.8. The molecule has 0 bridgehead atoms. The van der Waals surface area contributed by atoms with E-state index >= 15 is 0 Å². The molecule has 1 unspecified atom stereocenters. The minimum absolute atomic E-state index is 0.0876. The van der Waals surface area contributed by atoms with Gasteiger partial charge in [-0.25, -0.2) is 0 Å². The van der Waals surface area contributed by atoms with E-state index in [0.29, 0.717) is 6.42 Å². The minimum Gasteiger partial charge on any atom is -0.355 e. The molecular formula is C16H23NO. The molecule has 0 saturated carbocycles. The number of hydrogen-bond acceptors (Lipinski definition) is 1. The Hall–Kier alpha value is -1.31. The number of rotatable bonds is 1. The molecule has 2 nitrogen and oxygen atoms in total. The fourth-order valence-electron chi connectivity index (χ4n) is 2.48. The summed E-state index contributed by atoms with van der Waals surface area (Å²) in [6.07, 6.45) is 1.57. The van der Waals surface area contributed by atoms with Gasteiger partial charge in [-0.15, -0.1) is 0 Å². The lowest BCUT2D eigenvalue weighted by Gasteiger charge is -2.34. The van der Waals surface area contributed by atoms with Crippen molar-refractivity contribution in [1.82, 2.24) is 5.32 Å². The maximum Gasteiger partial charge on any atom is 0.220 e. The first-order valence-corrected chi connectivity index (χ1v) is 6.69. The summed E-state index contributed by atoms with van der Waals surface area (Å²) >= 11 is 0. The van der Waals surface area contributed by atoms with Crippen LogP contribution >= 0.6 is 0 Å². The molecule has 18 heavy (non-hydrogen) atoms. The van der Waals surface area contributed by atoms with Crippen LogP contribution in [0.1, 0.15) is 51.7 Å². The maximum absolute atomic E-state index is 11.3. The second kappa shape index (κ2) is 4.42. The molecule has 1 aromatic carbocycles. The smallest absolute Gasteiger partial charge is 0.220 e. The maximum atomic E-state index is 11.3. The van der Waals surface area contributed by atoms with Gasteiger partial charge < -0.3 is 5.32 Å². The molecule has 2 heteroatoms. The van der Waals surface area contributed by atoms with Crippen molar-refractivity contribution in [3.8, 4) is 0 Å². The first-order valence-electron chi connectivity index (χ1n) is 6.69. The van der Waals surface area contributed by atoms with Crippen molar-refractivity contribution in [2.24, 2.45) is 0 Å². The fraction of sp³-hybridized carbons (Fsp3) is 0.562. The van der Waals surface area contributed by atoms with Crippen molar-refractivity contribution in [2.45, 2.75) is 51.4 Å². The Morgan fingerprint density at radius 1 is 1.17 bits per heavy atom. The highest BCUT2D eigenvalue weighted by Gasteiger charge is 2.31. The van der Waals surface area contributed by atoms with Crippen LogP contribution in [0.15, 0.2) is 24.3 Å². The van der Waals surface area contributed by atoms with E-state index in [-0.39, 0.29) is 16.7 Å². The van der Waals surface area contributed by atoms with Crippen LogP contribution in [0.5, 0.6) is 0 Å². The van der Waals surface area contributed by atoms with Crippen molar-refractivity contribution in [1.29, 1.82) is 0 Å². The van der Waals surface area contributed by atoms with Crippen LogP contribution in [-0.4, -0.2) is 12.5 Å². The highest BCUT2D eigenvalue weighted by Crippen LogP contribution is 2.32. The fourth-order valence-corrected chi connectivity index (χ4v) is 2.48. The molecule has 1 aromatic rings. The number of hydrogen-bond donors (Lipinski definition) is 1. The van der Waals surface area contributed by atoms with Crippen LogP contribution < -0.4 is 5.32 Å². The van der Waals surface area contributed by atoms with Gasteiger partial charge in [0.25, 0.3) is 0 Å². The van der Waals surface area contributed by atoms with E-state index in [1.165, 1.54) is 11.1 Å². The molecule has 1 heterocycles. The van der Waals surface area contributed by atoms with Gasteiger partial charge in [0.1, 0.15) is 0 Å². The van der Waals surface area contributed by atoms with Gasteiger partial charge in [-0.1, -0.05) is 52.0 Å². The Morgan fingerprint density at radius 2 is 1.78 bits per heavy atom. The molecule has 1 aliphatic heterocycles. The largest absolute Gasteiger partial charge is 0.355 e. The number of nitrogens with one attached hydrogen (secondary N) is 1. The molecule has 0 radical (unpaired) electrons.